The summed E-state index contributed by atoms with van der Waals surface area (Å²) in [5.74, 6) is -1.08. The number of alkyl halides is 2. The molecule has 21 heavy (non-hydrogen) atoms. The minimum atomic E-state index is -2.60. The minimum Gasteiger partial charge on any atom is -0.478 e. The monoisotopic (exact) mass is 355 g/mol. The van der Waals surface area contributed by atoms with Gasteiger partial charge in [-0.2, -0.15) is 0 Å². The fourth-order valence-corrected chi connectivity index (χ4v) is 2.46. The van der Waals surface area contributed by atoms with Crippen LogP contribution in [0.25, 0.3) is 0 Å². The van der Waals surface area contributed by atoms with Crippen molar-refractivity contribution >= 4 is 33.3 Å². The molecule has 2 rings (SSSR count). The zero-order valence-corrected chi connectivity index (χ0v) is 12.6. The Morgan fingerprint density at radius 2 is 1.90 bits per heavy atom. The molecule has 0 saturated carbocycles. The van der Waals surface area contributed by atoms with Crippen molar-refractivity contribution in [3.63, 3.8) is 0 Å². The number of carboxylic acid groups (broad SMARTS) is 1. The Morgan fingerprint density at radius 3 is 2.52 bits per heavy atom. The van der Waals surface area contributed by atoms with Gasteiger partial charge in [0.15, 0.2) is 0 Å². The maximum absolute atomic E-state index is 13.0. The summed E-state index contributed by atoms with van der Waals surface area (Å²) >= 11 is 3.19. The van der Waals surface area contributed by atoms with Crippen LogP contribution in [-0.2, 0) is 0 Å². The normalized spacial score (nSPS) is 10.7. The van der Waals surface area contributed by atoms with Gasteiger partial charge in [-0.3, -0.25) is 0 Å². The van der Waals surface area contributed by atoms with Crippen molar-refractivity contribution in [2.24, 2.45) is 0 Å². The van der Waals surface area contributed by atoms with Gasteiger partial charge in [0.05, 0.1) is 11.3 Å². The van der Waals surface area contributed by atoms with Crippen LogP contribution < -0.4 is 5.32 Å². The molecule has 0 amide bonds. The number of hydrogen-bond donors (Lipinski definition) is 2. The molecule has 110 valence electrons. The van der Waals surface area contributed by atoms with Crippen LogP contribution in [0.5, 0.6) is 0 Å². The zero-order chi connectivity index (χ0) is 15.6. The second-order valence-corrected chi connectivity index (χ2v) is 5.36. The lowest BCUT2D eigenvalue weighted by Gasteiger charge is -2.15. The summed E-state index contributed by atoms with van der Waals surface area (Å²) in [4.78, 5) is 11.2. The third kappa shape index (κ3) is 3.39. The summed E-state index contributed by atoms with van der Waals surface area (Å²) in [6.45, 7) is 1.57. The van der Waals surface area contributed by atoms with Gasteiger partial charge in [-0.1, -0.05) is 28.1 Å². The third-order valence-corrected chi connectivity index (χ3v) is 3.53. The van der Waals surface area contributed by atoms with E-state index >= 15 is 0 Å². The van der Waals surface area contributed by atoms with E-state index < -0.39 is 12.4 Å². The lowest BCUT2D eigenvalue weighted by Crippen LogP contribution is -2.04. The van der Waals surface area contributed by atoms with Crippen molar-refractivity contribution in [2.45, 2.75) is 13.3 Å². The average molecular weight is 356 g/mol. The molecule has 0 aliphatic rings. The molecule has 0 atom stereocenters. The Balaban J connectivity index is 2.48. The molecular formula is C15H12BrF2NO2. The lowest BCUT2D eigenvalue weighted by molar-refractivity contribution is 0.0698. The number of carboxylic acids is 1. The van der Waals surface area contributed by atoms with Crippen LogP contribution >= 0.6 is 15.9 Å². The van der Waals surface area contributed by atoms with E-state index in [1.807, 2.05) is 0 Å². The molecule has 0 fully saturated rings. The molecule has 0 saturated heterocycles. The molecule has 0 aromatic heterocycles. The van der Waals surface area contributed by atoms with E-state index in [4.69, 9.17) is 5.11 Å². The molecule has 0 unspecified atom stereocenters. The smallest absolute Gasteiger partial charge is 0.337 e. The highest BCUT2D eigenvalue weighted by Gasteiger charge is 2.16. The lowest BCUT2D eigenvalue weighted by atomic mass is 10.1. The first kappa shape index (κ1) is 15.4. The maximum atomic E-state index is 13.0. The molecule has 0 bridgehead atoms. The second kappa shape index (κ2) is 6.22. The van der Waals surface area contributed by atoms with Crippen molar-refractivity contribution in [3.05, 3.63) is 57.6 Å². The van der Waals surface area contributed by atoms with E-state index in [0.29, 0.717) is 21.4 Å². The minimum absolute atomic E-state index is 0.0791. The topological polar surface area (TPSA) is 49.3 Å². The number of hydrogen-bond acceptors (Lipinski definition) is 2. The van der Waals surface area contributed by atoms with Gasteiger partial charge in [0.25, 0.3) is 6.43 Å². The standard InChI is InChI=1S/C15H12BrF2NO2/c1-8-11(14(17)18)6-9(16)7-13(8)19-12-5-3-2-4-10(12)15(20)21/h2-7,14,19H,1H3,(H,20,21). The van der Waals surface area contributed by atoms with Crippen molar-refractivity contribution in [2.75, 3.05) is 5.32 Å². The Bertz CT molecular complexity index is 689. The first-order valence-corrected chi connectivity index (χ1v) is 6.87. The number of aromatic carboxylic acids is 1. The van der Waals surface area contributed by atoms with Crippen LogP contribution in [0.15, 0.2) is 40.9 Å². The molecule has 0 spiro atoms. The highest BCUT2D eigenvalue weighted by molar-refractivity contribution is 9.10. The molecule has 2 aromatic carbocycles. The Morgan fingerprint density at radius 1 is 1.24 bits per heavy atom. The van der Waals surface area contributed by atoms with Gasteiger partial charge in [0.1, 0.15) is 0 Å². The molecule has 0 aliphatic carbocycles. The highest BCUT2D eigenvalue weighted by atomic mass is 79.9. The van der Waals surface area contributed by atoms with Gasteiger partial charge >= 0.3 is 5.97 Å². The van der Waals surface area contributed by atoms with Gasteiger partial charge in [-0.25, -0.2) is 13.6 Å². The molecule has 2 N–H and O–H groups in total. The molecule has 0 radical (unpaired) electrons. The van der Waals surface area contributed by atoms with Crippen LogP contribution in [-0.4, -0.2) is 11.1 Å². The summed E-state index contributed by atoms with van der Waals surface area (Å²) in [5.41, 5.74) is 1.16. The SMILES string of the molecule is Cc1c(Nc2ccccc2C(=O)O)cc(Br)cc1C(F)F. The Kier molecular flexibility index (Phi) is 4.57. The van der Waals surface area contributed by atoms with E-state index in [2.05, 4.69) is 21.2 Å². The molecule has 2 aromatic rings. The van der Waals surface area contributed by atoms with Gasteiger partial charge in [-0.05, 0) is 36.8 Å². The van der Waals surface area contributed by atoms with Crippen LogP contribution in [0.1, 0.15) is 27.9 Å². The summed E-state index contributed by atoms with van der Waals surface area (Å²) in [6, 6.07) is 9.31. The van der Waals surface area contributed by atoms with E-state index in [0.717, 1.165) is 0 Å². The van der Waals surface area contributed by atoms with Crippen LogP contribution in [0.3, 0.4) is 0 Å². The van der Waals surface area contributed by atoms with Crippen molar-refractivity contribution in [3.8, 4) is 0 Å². The summed E-state index contributed by atoms with van der Waals surface area (Å²) in [6.07, 6.45) is -2.60. The van der Waals surface area contributed by atoms with Crippen molar-refractivity contribution in [1.82, 2.24) is 0 Å². The second-order valence-electron chi connectivity index (χ2n) is 4.44. The zero-order valence-electron chi connectivity index (χ0n) is 11.0. The van der Waals surface area contributed by atoms with E-state index in [1.165, 1.54) is 12.1 Å². The number of para-hydroxylation sites is 1. The predicted octanol–water partition coefficient (Wildman–Crippen LogP) is 5.14. The fourth-order valence-electron chi connectivity index (χ4n) is 1.98. The number of benzene rings is 2. The van der Waals surface area contributed by atoms with E-state index in [1.54, 1.807) is 31.2 Å². The van der Waals surface area contributed by atoms with Crippen LogP contribution in [0.4, 0.5) is 20.2 Å². The summed E-state index contributed by atoms with van der Waals surface area (Å²) in [5, 5.41) is 12.1. The number of nitrogens with one attached hydrogen (secondary N) is 1. The fraction of sp³-hybridized carbons (Fsp3) is 0.133. The quantitative estimate of drug-likeness (QED) is 0.798. The predicted molar refractivity (Wildman–Crippen MR) is 80.5 cm³/mol. The highest BCUT2D eigenvalue weighted by Crippen LogP contribution is 2.33. The number of halogens is 3. The molecule has 0 aliphatic heterocycles. The third-order valence-electron chi connectivity index (χ3n) is 3.07. The molecule has 3 nitrogen and oxygen atoms in total. The van der Waals surface area contributed by atoms with Crippen molar-refractivity contribution < 1.29 is 18.7 Å². The van der Waals surface area contributed by atoms with Crippen LogP contribution in [0.2, 0.25) is 0 Å². The van der Waals surface area contributed by atoms with Gasteiger partial charge in [-0.15, -0.1) is 0 Å². The van der Waals surface area contributed by atoms with E-state index in [9.17, 15) is 13.6 Å². The van der Waals surface area contributed by atoms with E-state index in [-0.39, 0.29) is 11.1 Å². The van der Waals surface area contributed by atoms with Gasteiger partial charge in [0.2, 0.25) is 0 Å². The molecular weight excluding hydrogens is 344 g/mol. The maximum Gasteiger partial charge on any atom is 0.337 e. The number of anilines is 2. The van der Waals surface area contributed by atoms with Gasteiger partial charge in [0, 0.05) is 15.7 Å². The summed E-state index contributed by atoms with van der Waals surface area (Å²) < 4.78 is 26.5. The van der Waals surface area contributed by atoms with Crippen molar-refractivity contribution in [1.29, 1.82) is 0 Å². The van der Waals surface area contributed by atoms with Crippen LogP contribution in [0, 0.1) is 6.92 Å². The first-order chi connectivity index (χ1) is 9.90. The molecule has 0 heterocycles. The summed E-state index contributed by atoms with van der Waals surface area (Å²) in [7, 11) is 0. The number of rotatable bonds is 4. The largest absolute Gasteiger partial charge is 0.478 e. The first-order valence-electron chi connectivity index (χ1n) is 6.07. The number of carbonyl (C=O) groups is 1. The molecule has 6 heteroatoms. The average Bonchev–Trinajstić information content (AvgIpc) is 2.42. The Hall–Kier alpha value is -1.95. The van der Waals surface area contributed by atoms with Gasteiger partial charge < -0.3 is 10.4 Å². The Labute approximate surface area is 128 Å².